The molecule has 1 saturated heterocycles. The monoisotopic (exact) mass is 419 g/mol. The first-order valence-electron chi connectivity index (χ1n) is 10.3. The standard InChI is InChI=1S/C24H25N3O4/c28-23(22-7-4-17-31-22)25-20-10-8-19(9-11-20)24(29)27-14-12-26(13-15-27)16-18-30-21-5-2-1-3-6-21/h1-11,17H,12-16,18H2,(H,25,28). The Morgan fingerprint density at radius 1 is 0.903 bits per heavy atom. The summed E-state index contributed by atoms with van der Waals surface area (Å²) in [6.45, 7) is 4.47. The largest absolute Gasteiger partial charge is 0.492 e. The van der Waals surface area contributed by atoms with Gasteiger partial charge in [-0.3, -0.25) is 14.5 Å². The van der Waals surface area contributed by atoms with Gasteiger partial charge in [-0.25, -0.2) is 0 Å². The Morgan fingerprint density at radius 2 is 1.65 bits per heavy atom. The molecular weight excluding hydrogens is 394 g/mol. The van der Waals surface area contributed by atoms with Gasteiger partial charge in [0.2, 0.25) is 0 Å². The molecular formula is C24H25N3O4. The lowest BCUT2D eigenvalue weighted by atomic mass is 10.1. The summed E-state index contributed by atoms with van der Waals surface area (Å²) in [4.78, 5) is 29.0. The lowest BCUT2D eigenvalue weighted by molar-refractivity contribution is 0.0620. The van der Waals surface area contributed by atoms with Crippen LogP contribution in [0.15, 0.2) is 77.4 Å². The van der Waals surface area contributed by atoms with Crippen molar-refractivity contribution in [3.63, 3.8) is 0 Å². The lowest BCUT2D eigenvalue weighted by Crippen LogP contribution is -2.49. The van der Waals surface area contributed by atoms with E-state index in [4.69, 9.17) is 9.15 Å². The molecule has 1 aliphatic rings. The Kier molecular flexibility index (Phi) is 6.64. The second-order valence-corrected chi connectivity index (χ2v) is 7.30. The van der Waals surface area contributed by atoms with Crippen molar-refractivity contribution in [2.24, 2.45) is 0 Å². The maximum atomic E-state index is 12.8. The SMILES string of the molecule is O=C(Nc1ccc(C(=O)N2CCN(CCOc3ccccc3)CC2)cc1)c1ccco1. The van der Waals surface area contributed by atoms with Gasteiger partial charge in [0, 0.05) is 44.0 Å². The van der Waals surface area contributed by atoms with Crippen LogP contribution in [0.3, 0.4) is 0 Å². The second kappa shape index (κ2) is 9.95. The molecule has 0 atom stereocenters. The van der Waals surface area contributed by atoms with Crippen molar-refractivity contribution in [2.75, 3.05) is 44.6 Å². The van der Waals surface area contributed by atoms with E-state index in [9.17, 15) is 9.59 Å². The first-order valence-corrected chi connectivity index (χ1v) is 10.3. The van der Waals surface area contributed by atoms with Gasteiger partial charge < -0.3 is 19.4 Å². The molecule has 2 aromatic carbocycles. The van der Waals surface area contributed by atoms with E-state index in [0.29, 0.717) is 30.9 Å². The van der Waals surface area contributed by atoms with Crippen molar-refractivity contribution < 1.29 is 18.7 Å². The molecule has 1 aromatic heterocycles. The molecule has 0 radical (unpaired) electrons. The van der Waals surface area contributed by atoms with Crippen LogP contribution in [0.1, 0.15) is 20.9 Å². The number of amides is 2. The highest BCUT2D eigenvalue weighted by atomic mass is 16.5. The number of nitrogens with zero attached hydrogens (tertiary/aromatic N) is 2. The van der Waals surface area contributed by atoms with Crippen molar-refractivity contribution in [3.8, 4) is 5.75 Å². The summed E-state index contributed by atoms with van der Waals surface area (Å²) in [6, 6.07) is 20.0. The number of carbonyl (C=O) groups is 2. The molecule has 160 valence electrons. The van der Waals surface area contributed by atoms with E-state index >= 15 is 0 Å². The summed E-state index contributed by atoms with van der Waals surface area (Å²) >= 11 is 0. The van der Waals surface area contributed by atoms with Gasteiger partial charge >= 0.3 is 0 Å². The highest BCUT2D eigenvalue weighted by Crippen LogP contribution is 2.15. The van der Waals surface area contributed by atoms with Crippen molar-refractivity contribution in [1.82, 2.24) is 9.80 Å². The summed E-state index contributed by atoms with van der Waals surface area (Å²) in [5, 5.41) is 2.75. The Labute approximate surface area is 181 Å². The second-order valence-electron chi connectivity index (χ2n) is 7.30. The predicted octanol–water partition coefficient (Wildman–Crippen LogP) is 3.37. The molecule has 0 spiro atoms. The van der Waals surface area contributed by atoms with Gasteiger partial charge in [0.05, 0.1) is 6.26 Å². The van der Waals surface area contributed by atoms with Crippen LogP contribution in [0.2, 0.25) is 0 Å². The number of carbonyl (C=O) groups excluding carboxylic acids is 2. The fourth-order valence-corrected chi connectivity index (χ4v) is 3.46. The van der Waals surface area contributed by atoms with E-state index in [1.165, 1.54) is 6.26 Å². The zero-order valence-corrected chi connectivity index (χ0v) is 17.2. The van der Waals surface area contributed by atoms with Gasteiger partial charge in [-0.2, -0.15) is 0 Å². The van der Waals surface area contributed by atoms with Crippen molar-refractivity contribution >= 4 is 17.5 Å². The Morgan fingerprint density at radius 3 is 2.32 bits per heavy atom. The van der Waals surface area contributed by atoms with Gasteiger partial charge in [0.15, 0.2) is 5.76 Å². The van der Waals surface area contributed by atoms with E-state index in [1.54, 1.807) is 36.4 Å². The number of nitrogens with one attached hydrogen (secondary N) is 1. The lowest BCUT2D eigenvalue weighted by Gasteiger charge is -2.34. The van der Waals surface area contributed by atoms with Crippen LogP contribution in [0.4, 0.5) is 5.69 Å². The van der Waals surface area contributed by atoms with Gasteiger partial charge in [-0.05, 0) is 48.5 Å². The molecule has 0 bridgehead atoms. The molecule has 4 rings (SSSR count). The van der Waals surface area contributed by atoms with E-state index in [-0.39, 0.29) is 17.6 Å². The number of ether oxygens (including phenoxy) is 1. The molecule has 3 aromatic rings. The van der Waals surface area contributed by atoms with Crippen LogP contribution in [0.25, 0.3) is 0 Å². The molecule has 0 unspecified atom stereocenters. The van der Waals surface area contributed by atoms with Crippen molar-refractivity contribution in [2.45, 2.75) is 0 Å². The first kappa shape index (κ1) is 20.7. The Bertz CT molecular complexity index is 979. The minimum Gasteiger partial charge on any atom is -0.492 e. The third-order valence-corrected chi connectivity index (χ3v) is 5.21. The normalized spacial score (nSPS) is 14.3. The fraction of sp³-hybridized carbons (Fsp3) is 0.250. The molecule has 7 heteroatoms. The van der Waals surface area contributed by atoms with Crippen molar-refractivity contribution in [3.05, 3.63) is 84.3 Å². The van der Waals surface area contributed by atoms with Gasteiger partial charge in [0.25, 0.3) is 11.8 Å². The first-order chi connectivity index (χ1) is 15.2. The third-order valence-electron chi connectivity index (χ3n) is 5.21. The number of benzene rings is 2. The number of anilines is 1. The van der Waals surface area contributed by atoms with Crippen LogP contribution in [-0.2, 0) is 0 Å². The summed E-state index contributed by atoms with van der Waals surface area (Å²) in [6.07, 6.45) is 1.45. The van der Waals surface area contributed by atoms with Crippen LogP contribution >= 0.6 is 0 Å². The van der Waals surface area contributed by atoms with E-state index in [1.807, 2.05) is 35.2 Å². The molecule has 2 heterocycles. The quantitative estimate of drug-likeness (QED) is 0.636. The van der Waals surface area contributed by atoms with Gasteiger partial charge in [-0.15, -0.1) is 0 Å². The fourth-order valence-electron chi connectivity index (χ4n) is 3.46. The van der Waals surface area contributed by atoms with Crippen LogP contribution < -0.4 is 10.1 Å². The summed E-state index contributed by atoms with van der Waals surface area (Å²) in [5.74, 6) is 0.799. The highest BCUT2D eigenvalue weighted by molar-refractivity contribution is 6.02. The number of piperazine rings is 1. The van der Waals surface area contributed by atoms with Gasteiger partial charge in [0.1, 0.15) is 12.4 Å². The zero-order chi connectivity index (χ0) is 21.5. The van der Waals surface area contributed by atoms with Crippen LogP contribution in [0, 0.1) is 0 Å². The number of furan rings is 1. The van der Waals surface area contributed by atoms with Crippen molar-refractivity contribution in [1.29, 1.82) is 0 Å². The minimum atomic E-state index is -0.323. The summed E-state index contributed by atoms with van der Waals surface area (Å²) in [5.41, 5.74) is 1.22. The molecule has 2 amide bonds. The molecule has 1 aliphatic heterocycles. The predicted molar refractivity (Wildman–Crippen MR) is 117 cm³/mol. The molecule has 1 fully saturated rings. The molecule has 0 aliphatic carbocycles. The van der Waals surface area contributed by atoms with E-state index in [2.05, 4.69) is 10.2 Å². The molecule has 31 heavy (non-hydrogen) atoms. The average Bonchev–Trinajstić information content (AvgIpc) is 3.36. The number of rotatable bonds is 7. The Balaban J connectivity index is 1.22. The maximum Gasteiger partial charge on any atom is 0.291 e. The average molecular weight is 419 g/mol. The molecule has 7 nitrogen and oxygen atoms in total. The maximum absolute atomic E-state index is 12.8. The van der Waals surface area contributed by atoms with Crippen LogP contribution in [-0.4, -0.2) is 60.9 Å². The van der Waals surface area contributed by atoms with Crippen LogP contribution in [0.5, 0.6) is 5.75 Å². The minimum absolute atomic E-state index is 0.00379. The summed E-state index contributed by atoms with van der Waals surface area (Å²) < 4.78 is 10.8. The number of hydrogen-bond donors (Lipinski definition) is 1. The smallest absolute Gasteiger partial charge is 0.291 e. The Hall–Kier alpha value is -3.58. The topological polar surface area (TPSA) is 75.0 Å². The molecule has 1 N–H and O–H groups in total. The number of para-hydroxylation sites is 1. The zero-order valence-electron chi connectivity index (χ0n) is 17.2. The van der Waals surface area contributed by atoms with E-state index in [0.717, 1.165) is 25.4 Å². The number of hydrogen-bond acceptors (Lipinski definition) is 5. The third kappa shape index (κ3) is 5.52. The highest BCUT2D eigenvalue weighted by Gasteiger charge is 2.22. The molecule has 0 saturated carbocycles. The van der Waals surface area contributed by atoms with E-state index < -0.39 is 0 Å². The van der Waals surface area contributed by atoms with Gasteiger partial charge in [-0.1, -0.05) is 18.2 Å². The summed E-state index contributed by atoms with van der Waals surface area (Å²) in [7, 11) is 0.